The molecule has 3 nitrogen and oxygen atoms in total. The fraction of sp³-hybridized carbons (Fsp3) is 0.500. The highest BCUT2D eigenvalue weighted by Crippen LogP contribution is 2.27. The quantitative estimate of drug-likeness (QED) is 0.850. The van der Waals surface area contributed by atoms with Gasteiger partial charge in [0, 0.05) is 36.2 Å². The Labute approximate surface area is 123 Å². The van der Waals surface area contributed by atoms with Crippen molar-refractivity contribution in [2.24, 2.45) is 5.73 Å². The molecule has 2 N–H and O–H groups in total. The number of amides is 1. The summed E-state index contributed by atoms with van der Waals surface area (Å²) in [6.07, 6.45) is 2.66. The summed E-state index contributed by atoms with van der Waals surface area (Å²) in [7, 11) is 0. The van der Waals surface area contributed by atoms with Gasteiger partial charge in [-0.2, -0.15) is 0 Å². The molecule has 1 saturated heterocycles. The maximum absolute atomic E-state index is 12.1. The van der Waals surface area contributed by atoms with Gasteiger partial charge in [-0.05, 0) is 25.0 Å². The molecule has 5 heteroatoms. The van der Waals surface area contributed by atoms with Gasteiger partial charge in [-0.25, -0.2) is 0 Å². The second-order valence-corrected chi connectivity index (χ2v) is 6.19. The molecule has 1 aromatic carbocycles. The molecule has 0 aliphatic carbocycles. The van der Waals surface area contributed by atoms with E-state index in [0.717, 1.165) is 35.1 Å². The van der Waals surface area contributed by atoms with Gasteiger partial charge in [0.25, 0.3) is 0 Å². The average molecular weight is 299 g/mol. The molecular weight excluding hydrogens is 280 g/mol. The fourth-order valence-corrected chi connectivity index (χ4v) is 3.54. The first kappa shape index (κ1) is 14.7. The third-order valence-corrected chi connectivity index (χ3v) is 4.90. The lowest BCUT2D eigenvalue weighted by molar-refractivity contribution is -0.131. The topological polar surface area (TPSA) is 46.3 Å². The van der Waals surface area contributed by atoms with Gasteiger partial charge in [-0.15, -0.1) is 11.8 Å². The molecule has 1 amide bonds. The number of halogens is 1. The predicted octanol–water partition coefficient (Wildman–Crippen LogP) is 2.77. The summed E-state index contributed by atoms with van der Waals surface area (Å²) < 4.78 is 0. The highest BCUT2D eigenvalue weighted by Gasteiger charge is 2.26. The molecule has 1 aromatic rings. The Hall–Kier alpha value is -0.710. The summed E-state index contributed by atoms with van der Waals surface area (Å²) in [5, 5.41) is 0.751. The van der Waals surface area contributed by atoms with Crippen LogP contribution in [0.3, 0.4) is 0 Å². The van der Waals surface area contributed by atoms with Gasteiger partial charge in [0.1, 0.15) is 0 Å². The number of thioether (sulfide) groups is 1. The lowest BCUT2D eigenvalue weighted by Crippen LogP contribution is -2.40. The van der Waals surface area contributed by atoms with E-state index in [0.29, 0.717) is 13.0 Å². The van der Waals surface area contributed by atoms with Gasteiger partial charge in [0.2, 0.25) is 5.91 Å². The number of benzene rings is 1. The summed E-state index contributed by atoms with van der Waals surface area (Å²) in [5.74, 6) is 0.976. The molecular formula is C14H19ClN2OS. The number of carbonyl (C=O) groups is 1. The van der Waals surface area contributed by atoms with Crippen LogP contribution in [0.15, 0.2) is 29.2 Å². The van der Waals surface area contributed by atoms with E-state index in [1.807, 2.05) is 29.2 Å². The van der Waals surface area contributed by atoms with Crippen LogP contribution in [0.2, 0.25) is 5.02 Å². The van der Waals surface area contributed by atoms with Crippen LogP contribution in [0, 0.1) is 0 Å². The van der Waals surface area contributed by atoms with E-state index < -0.39 is 0 Å². The van der Waals surface area contributed by atoms with E-state index in [1.54, 1.807) is 11.8 Å². The van der Waals surface area contributed by atoms with Crippen LogP contribution in [-0.4, -0.2) is 35.7 Å². The molecule has 1 fully saturated rings. The minimum absolute atomic E-state index is 0.215. The maximum Gasteiger partial charge on any atom is 0.223 e. The van der Waals surface area contributed by atoms with Crippen molar-refractivity contribution in [1.82, 2.24) is 4.90 Å². The summed E-state index contributed by atoms with van der Waals surface area (Å²) >= 11 is 7.71. The predicted molar refractivity (Wildman–Crippen MR) is 80.6 cm³/mol. The highest BCUT2D eigenvalue weighted by atomic mass is 35.5. The van der Waals surface area contributed by atoms with Crippen LogP contribution < -0.4 is 5.73 Å². The zero-order chi connectivity index (χ0) is 13.7. The van der Waals surface area contributed by atoms with Crippen LogP contribution in [-0.2, 0) is 4.79 Å². The smallest absolute Gasteiger partial charge is 0.223 e. The van der Waals surface area contributed by atoms with Crippen LogP contribution >= 0.6 is 23.4 Å². The van der Waals surface area contributed by atoms with E-state index in [2.05, 4.69) is 0 Å². The molecule has 1 heterocycles. The first-order valence-electron chi connectivity index (χ1n) is 6.59. The third-order valence-electron chi connectivity index (χ3n) is 3.38. The van der Waals surface area contributed by atoms with Crippen molar-refractivity contribution in [1.29, 1.82) is 0 Å². The number of rotatable bonds is 5. The van der Waals surface area contributed by atoms with Gasteiger partial charge >= 0.3 is 0 Å². The molecule has 0 radical (unpaired) electrons. The van der Waals surface area contributed by atoms with Crippen molar-refractivity contribution in [3.8, 4) is 0 Å². The van der Waals surface area contributed by atoms with Crippen LogP contribution in [0.25, 0.3) is 0 Å². The van der Waals surface area contributed by atoms with Gasteiger partial charge < -0.3 is 10.6 Å². The average Bonchev–Trinajstić information content (AvgIpc) is 2.89. The minimum atomic E-state index is 0.215. The standard InChI is InChI=1S/C14H19ClN2OS/c15-12-5-1-2-6-13(12)19-9-7-14(18)17-8-3-4-11(17)10-16/h1-2,5-6,11H,3-4,7-10,16H2. The van der Waals surface area contributed by atoms with Crippen LogP contribution in [0.4, 0.5) is 0 Å². The van der Waals surface area contributed by atoms with E-state index in [9.17, 15) is 4.79 Å². The molecule has 0 aromatic heterocycles. The van der Waals surface area contributed by atoms with Gasteiger partial charge in [-0.3, -0.25) is 4.79 Å². The molecule has 1 unspecified atom stereocenters. The number of hydrogen-bond donors (Lipinski definition) is 1. The van der Waals surface area contributed by atoms with Crippen LogP contribution in [0.5, 0.6) is 0 Å². The summed E-state index contributed by atoms with van der Waals surface area (Å²) in [5.41, 5.74) is 5.69. The Bertz CT molecular complexity index is 441. The van der Waals surface area contributed by atoms with Gasteiger partial charge in [0.15, 0.2) is 0 Å². The van der Waals surface area contributed by atoms with Crippen molar-refractivity contribution in [3.63, 3.8) is 0 Å². The lowest BCUT2D eigenvalue weighted by atomic mass is 10.2. The van der Waals surface area contributed by atoms with Crippen molar-refractivity contribution >= 4 is 29.3 Å². The first-order chi connectivity index (χ1) is 9.22. The molecule has 0 bridgehead atoms. The maximum atomic E-state index is 12.1. The molecule has 0 saturated carbocycles. The van der Waals surface area contributed by atoms with E-state index in [4.69, 9.17) is 17.3 Å². The molecule has 1 atom stereocenters. The largest absolute Gasteiger partial charge is 0.338 e. The van der Waals surface area contributed by atoms with Gasteiger partial charge in [0.05, 0.1) is 5.02 Å². The molecule has 19 heavy (non-hydrogen) atoms. The molecule has 0 spiro atoms. The normalized spacial score (nSPS) is 18.8. The highest BCUT2D eigenvalue weighted by molar-refractivity contribution is 7.99. The number of nitrogens with zero attached hydrogens (tertiary/aromatic N) is 1. The van der Waals surface area contributed by atoms with Gasteiger partial charge in [-0.1, -0.05) is 23.7 Å². The summed E-state index contributed by atoms with van der Waals surface area (Å²) in [6.45, 7) is 1.43. The molecule has 1 aliphatic rings. The van der Waals surface area contributed by atoms with Crippen molar-refractivity contribution in [2.45, 2.75) is 30.2 Å². The Kier molecular flexibility index (Phi) is 5.55. The number of nitrogens with two attached hydrogens (primary N) is 1. The Morgan fingerprint density at radius 2 is 2.26 bits per heavy atom. The summed E-state index contributed by atoms with van der Waals surface area (Å²) in [4.78, 5) is 15.1. The van der Waals surface area contributed by atoms with E-state index >= 15 is 0 Å². The SMILES string of the molecule is NCC1CCCN1C(=O)CCSc1ccccc1Cl. The monoisotopic (exact) mass is 298 g/mol. The second kappa shape index (κ2) is 7.17. The fourth-order valence-electron chi connectivity index (χ4n) is 2.36. The molecule has 2 rings (SSSR count). The Morgan fingerprint density at radius 3 is 3.00 bits per heavy atom. The number of hydrogen-bond acceptors (Lipinski definition) is 3. The minimum Gasteiger partial charge on any atom is -0.338 e. The number of likely N-dealkylation sites (tertiary alicyclic amines) is 1. The second-order valence-electron chi connectivity index (χ2n) is 4.65. The van der Waals surface area contributed by atoms with Crippen LogP contribution in [0.1, 0.15) is 19.3 Å². The molecule has 104 valence electrons. The van der Waals surface area contributed by atoms with Crippen molar-refractivity contribution in [3.05, 3.63) is 29.3 Å². The van der Waals surface area contributed by atoms with E-state index in [-0.39, 0.29) is 11.9 Å². The first-order valence-corrected chi connectivity index (χ1v) is 7.95. The Balaban J connectivity index is 1.80. The van der Waals surface area contributed by atoms with Crippen molar-refractivity contribution < 1.29 is 4.79 Å². The zero-order valence-corrected chi connectivity index (χ0v) is 12.4. The van der Waals surface area contributed by atoms with Crippen molar-refractivity contribution in [2.75, 3.05) is 18.8 Å². The third kappa shape index (κ3) is 3.88. The zero-order valence-electron chi connectivity index (χ0n) is 10.8. The Morgan fingerprint density at radius 1 is 1.47 bits per heavy atom. The summed E-state index contributed by atoms with van der Waals surface area (Å²) in [6, 6.07) is 7.97. The lowest BCUT2D eigenvalue weighted by Gasteiger charge is -2.23. The molecule has 1 aliphatic heterocycles. The van der Waals surface area contributed by atoms with E-state index in [1.165, 1.54) is 0 Å². The number of carbonyl (C=O) groups excluding carboxylic acids is 1.